The van der Waals surface area contributed by atoms with Gasteiger partial charge in [-0.05, 0) is 87.8 Å². The first-order valence-corrected chi connectivity index (χ1v) is 17.6. The summed E-state index contributed by atoms with van der Waals surface area (Å²) in [6.07, 6.45) is 0.454. The summed E-state index contributed by atoms with van der Waals surface area (Å²) in [5, 5.41) is 61.1. The average Bonchev–Trinajstić information content (AvgIpc) is 3.28. The molecular weight excluding hydrogens is 606 g/mol. The molecule has 7 fully saturated rings. The molecule has 47 heavy (non-hydrogen) atoms. The normalized spacial score (nSPS) is 52.9. The van der Waals surface area contributed by atoms with Gasteiger partial charge in [0.25, 0.3) is 0 Å². The molecule has 1 spiro atoms. The average molecular weight is 658 g/mol. The second kappa shape index (κ2) is 10.3. The van der Waals surface area contributed by atoms with Crippen molar-refractivity contribution in [1.82, 2.24) is 4.90 Å². The molecule has 4 aliphatic carbocycles. The summed E-state index contributed by atoms with van der Waals surface area (Å²) in [4.78, 5) is 15.8. The standard InChI is InChI=1S/C36H51NO10/c1-18-6-11-26-33(3,41)28-20(17-37(26)16-18)21-15-34-25(35(21,42)30(39)29(28)38)10-9-24-32(34,2)13-12-27(36(24,43)47-34)46-31(40)19-7-8-22(44-4)23(14-19)45-5/h7-8,14,18,20-21,24-30,38-39,41-43H,6,9-13,15-17H2,1-5H3/t18-,20-,21-,24-,25+,26-,27-,28+,29+,30-,32-,33?,34+,35-,36-/m0/s1. The largest absolute Gasteiger partial charge is 0.493 e. The van der Waals surface area contributed by atoms with Crippen molar-refractivity contribution in [3.05, 3.63) is 23.8 Å². The number of esters is 1. The summed E-state index contributed by atoms with van der Waals surface area (Å²) in [6.45, 7) is 7.60. The van der Waals surface area contributed by atoms with Crippen molar-refractivity contribution in [3.63, 3.8) is 0 Å². The second-order valence-electron chi connectivity index (χ2n) is 16.5. The summed E-state index contributed by atoms with van der Waals surface area (Å²) >= 11 is 0. The Bertz CT molecular complexity index is 1450. The van der Waals surface area contributed by atoms with Crippen LogP contribution < -0.4 is 9.47 Å². The van der Waals surface area contributed by atoms with Gasteiger partial charge in [0.2, 0.25) is 5.79 Å². The van der Waals surface area contributed by atoms with Gasteiger partial charge in [0.1, 0.15) is 11.7 Å². The molecule has 11 heteroatoms. The maximum Gasteiger partial charge on any atom is 0.338 e. The van der Waals surface area contributed by atoms with Crippen LogP contribution in [-0.2, 0) is 9.47 Å². The summed E-state index contributed by atoms with van der Waals surface area (Å²) in [5.74, 6) is -3.32. The van der Waals surface area contributed by atoms with E-state index in [-0.39, 0.29) is 23.4 Å². The van der Waals surface area contributed by atoms with Gasteiger partial charge >= 0.3 is 5.97 Å². The van der Waals surface area contributed by atoms with Gasteiger partial charge in [0.15, 0.2) is 17.6 Å². The minimum absolute atomic E-state index is 0.125. The van der Waals surface area contributed by atoms with Crippen LogP contribution in [-0.4, -0.2) is 111 Å². The SMILES string of the molecule is COc1ccc(C(=O)O[C@H]2CC[C@@]3(C)[C@@H]4CC[C@H]5[C@]6(O)[C@@H](O)[C@H](O)[C@H]7[C@@H](CN8C[C@@H](C)CC[C@H]8C7(C)O)[C@@H]6C[C@@]53O[C@]24O)cc1OC. The number of aliphatic hydroxyl groups is 5. The molecule has 11 nitrogen and oxygen atoms in total. The first-order chi connectivity index (χ1) is 22.2. The van der Waals surface area contributed by atoms with Gasteiger partial charge in [-0.3, -0.25) is 4.90 Å². The van der Waals surface area contributed by atoms with Gasteiger partial charge in [-0.2, -0.15) is 0 Å². The Hall–Kier alpha value is -1.99. The Morgan fingerprint density at radius 3 is 2.40 bits per heavy atom. The number of ether oxygens (including phenoxy) is 4. The molecule has 0 aromatic heterocycles. The maximum atomic E-state index is 13.5. The molecule has 15 atom stereocenters. The highest BCUT2D eigenvalue weighted by Crippen LogP contribution is 2.77. The van der Waals surface area contributed by atoms with Crippen LogP contribution in [0.3, 0.4) is 0 Å². The van der Waals surface area contributed by atoms with Crippen molar-refractivity contribution >= 4 is 5.97 Å². The Morgan fingerprint density at radius 1 is 0.957 bits per heavy atom. The molecule has 8 rings (SSSR count). The van der Waals surface area contributed by atoms with Crippen molar-refractivity contribution < 1.29 is 49.3 Å². The van der Waals surface area contributed by atoms with Crippen molar-refractivity contribution in [2.24, 2.45) is 40.9 Å². The van der Waals surface area contributed by atoms with Gasteiger partial charge in [-0.25, -0.2) is 4.79 Å². The number of methoxy groups -OCH3 is 2. The van der Waals surface area contributed by atoms with E-state index in [0.29, 0.717) is 56.1 Å². The first kappa shape index (κ1) is 32.2. The number of benzene rings is 1. The fourth-order valence-electron chi connectivity index (χ4n) is 12.7. The molecule has 5 N–H and O–H groups in total. The molecule has 1 unspecified atom stereocenters. The molecular formula is C36H51NO10. The van der Waals surface area contributed by atoms with Gasteiger partial charge < -0.3 is 44.5 Å². The smallest absolute Gasteiger partial charge is 0.338 e. The zero-order valence-electron chi connectivity index (χ0n) is 28.1. The van der Waals surface area contributed by atoms with E-state index in [0.717, 1.165) is 19.4 Å². The van der Waals surface area contributed by atoms with Crippen LogP contribution in [0.1, 0.15) is 76.1 Å². The van der Waals surface area contributed by atoms with Crippen LogP contribution in [0.15, 0.2) is 18.2 Å². The van der Waals surface area contributed by atoms with Crippen molar-refractivity contribution in [2.45, 2.75) is 113 Å². The zero-order chi connectivity index (χ0) is 33.5. The highest BCUT2D eigenvalue weighted by atomic mass is 16.7. The monoisotopic (exact) mass is 657 g/mol. The lowest BCUT2D eigenvalue weighted by Gasteiger charge is -2.63. The third-order valence-electron chi connectivity index (χ3n) is 14.7. The minimum atomic E-state index is -1.79. The summed E-state index contributed by atoms with van der Waals surface area (Å²) in [6, 6.07) is 4.65. The maximum absolute atomic E-state index is 13.5. The van der Waals surface area contributed by atoms with E-state index in [1.165, 1.54) is 14.2 Å². The molecule has 1 aromatic carbocycles. The number of nitrogens with zero attached hydrogens (tertiary/aromatic N) is 1. The predicted molar refractivity (Wildman–Crippen MR) is 168 cm³/mol. The molecule has 3 saturated heterocycles. The Kier molecular flexibility index (Phi) is 7.05. The molecule has 0 amide bonds. The topological polar surface area (TPSA) is 158 Å². The van der Waals surface area contributed by atoms with E-state index in [1.807, 2.05) is 0 Å². The number of aliphatic hydroxyl groups excluding tert-OH is 2. The first-order valence-electron chi connectivity index (χ1n) is 17.6. The lowest BCUT2D eigenvalue weighted by molar-refractivity contribution is -0.290. The number of hydrogen-bond acceptors (Lipinski definition) is 11. The van der Waals surface area contributed by atoms with Gasteiger partial charge in [0.05, 0.1) is 37.1 Å². The number of piperidine rings is 2. The van der Waals surface area contributed by atoms with E-state index in [1.54, 1.807) is 25.1 Å². The highest BCUT2D eigenvalue weighted by Gasteiger charge is 2.85. The number of carbonyl (C=O) groups excluding carboxylic acids is 1. The number of fused-ring (bicyclic) bond motifs is 5. The second-order valence-corrected chi connectivity index (χ2v) is 16.5. The zero-order valence-corrected chi connectivity index (χ0v) is 28.1. The highest BCUT2D eigenvalue weighted by molar-refractivity contribution is 5.90. The Balaban J connectivity index is 1.14. The molecule has 4 bridgehead atoms. The molecule has 260 valence electrons. The van der Waals surface area contributed by atoms with Crippen molar-refractivity contribution in [1.29, 1.82) is 0 Å². The van der Waals surface area contributed by atoms with Crippen LogP contribution in [0.4, 0.5) is 0 Å². The van der Waals surface area contributed by atoms with Crippen LogP contribution in [0.25, 0.3) is 0 Å². The molecule has 0 radical (unpaired) electrons. The fraction of sp³-hybridized carbons (Fsp3) is 0.806. The van der Waals surface area contributed by atoms with Crippen LogP contribution in [0.2, 0.25) is 0 Å². The lowest BCUT2D eigenvalue weighted by Crippen LogP contribution is -2.76. The van der Waals surface area contributed by atoms with Gasteiger partial charge in [-0.15, -0.1) is 0 Å². The van der Waals surface area contributed by atoms with Crippen LogP contribution >= 0.6 is 0 Å². The Morgan fingerprint density at radius 2 is 1.68 bits per heavy atom. The van der Waals surface area contributed by atoms with Crippen molar-refractivity contribution in [2.75, 3.05) is 27.3 Å². The summed E-state index contributed by atoms with van der Waals surface area (Å²) in [7, 11) is 3.01. The quantitative estimate of drug-likeness (QED) is 0.302. The van der Waals surface area contributed by atoms with Gasteiger partial charge in [-0.1, -0.05) is 13.8 Å². The van der Waals surface area contributed by atoms with E-state index in [2.05, 4.69) is 18.7 Å². The van der Waals surface area contributed by atoms with Gasteiger partial charge in [0, 0.05) is 42.3 Å². The van der Waals surface area contributed by atoms with E-state index < -0.39 is 70.0 Å². The molecule has 4 saturated carbocycles. The molecule has 3 heterocycles. The van der Waals surface area contributed by atoms with Crippen LogP contribution in [0.5, 0.6) is 11.5 Å². The Labute approximate surface area is 276 Å². The van der Waals surface area contributed by atoms with E-state index in [4.69, 9.17) is 18.9 Å². The number of hydrogen-bond donors (Lipinski definition) is 5. The third kappa shape index (κ3) is 3.91. The lowest BCUT2D eigenvalue weighted by atomic mass is 9.49. The van der Waals surface area contributed by atoms with E-state index >= 15 is 0 Å². The third-order valence-corrected chi connectivity index (χ3v) is 14.7. The fourth-order valence-corrected chi connectivity index (χ4v) is 12.7. The molecule has 3 aliphatic heterocycles. The molecule has 7 aliphatic rings. The minimum Gasteiger partial charge on any atom is -0.493 e. The van der Waals surface area contributed by atoms with E-state index in [9.17, 15) is 30.3 Å². The number of rotatable bonds is 4. The molecule has 1 aromatic rings. The number of carbonyl (C=O) groups is 1. The predicted octanol–water partition coefficient (Wildman–Crippen LogP) is 2.10. The van der Waals surface area contributed by atoms with Crippen LogP contribution in [0, 0.1) is 40.9 Å². The van der Waals surface area contributed by atoms with Crippen molar-refractivity contribution in [3.8, 4) is 11.5 Å². The summed E-state index contributed by atoms with van der Waals surface area (Å²) in [5.41, 5.74) is -4.24. The summed E-state index contributed by atoms with van der Waals surface area (Å²) < 4.78 is 23.7.